The number of rotatable bonds is 4. The number of aromatic nitrogens is 1. The molecule has 9 heteroatoms. The molecule has 7 nitrogen and oxygen atoms in total. The number of aliphatic hydroxyl groups excluding tert-OH is 3. The van der Waals surface area contributed by atoms with Crippen LogP contribution in [0.2, 0.25) is 0 Å². The van der Waals surface area contributed by atoms with E-state index in [0.29, 0.717) is 5.88 Å². The highest BCUT2D eigenvalue weighted by atomic mass is 79.9. The van der Waals surface area contributed by atoms with Gasteiger partial charge in [-0.2, -0.15) is 0 Å². The molecule has 23 heavy (non-hydrogen) atoms. The number of hydrogen-bond acceptors (Lipinski definition) is 6. The summed E-state index contributed by atoms with van der Waals surface area (Å²) in [5.41, 5.74) is 0.841. The van der Waals surface area contributed by atoms with Crippen LogP contribution < -0.4 is 4.74 Å². The van der Waals surface area contributed by atoms with Crippen molar-refractivity contribution in [2.45, 2.75) is 29.1 Å². The molecular formula is C14H15BrClNO6. The zero-order valence-electron chi connectivity index (χ0n) is 11.7. The second-order valence-corrected chi connectivity index (χ2v) is 6.85. The maximum absolute atomic E-state index is 10.4. The molecule has 2 heterocycles. The van der Waals surface area contributed by atoms with Crippen molar-refractivity contribution in [1.29, 1.82) is 0 Å². The molecule has 2 aromatic rings. The number of alkyl halides is 1. The first kappa shape index (κ1) is 17.0. The Bertz CT molecular complexity index is 651. The second-order valence-electron chi connectivity index (χ2n) is 5.29. The molecule has 4 N–H and O–H groups in total. The minimum absolute atomic E-state index is 0.272. The molecule has 1 fully saturated rings. The molecule has 0 aliphatic carbocycles. The summed E-state index contributed by atoms with van der Waals surface area (Å²) in [6, 6.07) is 9.23. The van der Waals surface area contributed by atoms with E-state index in [-0.39, 0.29) is 6.61 Å². The van der Waals surface area contributed by atoms with Gasteiger partial charge < -0.3 is 29.8 Å². The topological polar surface area (TPSA) is 104 Å². The van der Waals surface area contributed by atoms with Crippen molar-refractivity contribution in [3.05, 3.63) is 30.3 Å². The molecule has 0 amide bonds. The molecule has 5 atom stereocenters. The third-order valence-corrected chi connectivity index (χ3v) is 4.71. The van der Waals surface area contributed by atoms with E-state index in [2.05, 4.69) is 25.2 Å². The van der Waals surface area contributed by atoms with Gasteiger partial charge in [0.2, 0.25) is 0 Å². The Morgan fingerprint density at radius 2 is 2.04 bits per heavy atom. The molecule has 0 unspecified atom stereocenters. The van der Waals surface area contributed by atoms with Crippen LogP contribution in [-0.4, -0.2) is 56.0 Å². The minimum Gasteiger partial charge on any atom is -0.470 e. The number of benzene rings is 1. The molecule has 1 saturated heterocycles. The number of hydrogen-bond donors (Lipinski definition) is 4. The molecule has 126 valence electrons. The summed E-state index contributed by atoms with van der Waals surface area (Å²) in [4.78, 5) is 3.02. The maximum atomic E-state index is 10.4. The first-order valence-electron chi connectivity index (χ1n) is 6.83. The molecule has 0 saturated carbocycles. The predicted molar refractivity (Wildman–Crippen MR) is 85.3 cm³/mol. The number of H-pyrrole nitrogens is 1. The van der Waals surface area contributed by atoms with Crippen molar-refractivity contribution in [1.82, 2.24) is 4.98 Å². The number of nitrogens with one attached hydrogen (secondary N) is 1. The number of aromatic amines is 1. The Morgan fingerprint density at radius 3 is 2.74 bits per heavy atom. The second kappa shape index (κ2) is 6.56. The molecule has 1 aliphatic rings. The van der Waals surface area contributed by atoms with Crippen molar-refractivity contribution in [2.75, 3.05) is 6.61 Å². The van der Waals surface area contributed by atoms with E-state index >= 15 is 0 Å². The van der Waals surface area contributed by atoms with Crippen molar-refractivity contribution < 1.29 is 29.1 Å². The Labute approximate surface area is 145 Å². The lowest BCUT2D eigenvalue weighted by Gasteiger charge is -2.44. The molecule has 0 bridgehead atoms. The Balaban J connectivity index is 1.86. The van der Waals surface area contributed by atoms with E-state index in [0.717, 1.165) is 10.9 Å². The van der Waals surface area contributed by atoms with Crippen LogP contribution in [0.3, 0.4) is 0 Å². The number of ether oxygens (including phenoxy) is 2. The fourth-order valence-corrected chi connectivity index (χ4v) is 3.38. The Morgan fingerprint density at radius 1 is 1.30 bits per heavy atom. The van der Waals surface area contributed by atoms with Crippen molar-refractivity contribution in [3.8, 4) is 5.88 Å². The van der Waals surface area contributed by atoms with Crippen molar-refractivity contribution in [2.24, 2.45) is 0 Å². The van der Waals surface area contributed by atoms with Gasteiger partial charge in [0.1, 0.15) is 18.8 Å². The van der Waals surface area contributed by atoms with E-state index < -0.39 is 29.1 Å². The number of aliphatic hydroxyl groups is 3. The average Bonchev–Trinajstić information content (AvgIpc) is 2.92. The van der Waals surface area contributed by atoms with Crippen LogP contribution in [0.1, 0.15) is 0 Å². The number of fused-ring (bicyclic) bond motifs is 1. The molecule has 1 aromatic heterocycles. The lowest BCUT2D eigenvalue weighted by molar-refractivity contribution is -0.290. The largest absolute Gasteiger partial charge is 0.470 e. The molecular weight excluding hydrogens is 394 g/mol. The van der Waals surface area contributed by atoms with Crippen LogP contribution in [0.4, 0.5) is 0 Å². The first-order chi connectivity index (χ1) is 10.9. The van der Waals surface area contributed by atoms with E-state index in [9.17, 15) is 15.3 Å². The van der Waals surface area contributed by atoms with E-state index in [1.54, 1.807) is 6.07 Å². The zero-order chi connectivity index (χ0) is 16.6. The summed E-state index contributed by atoms with van der Waals surface area (Å²) in [5.74, 6) is 0.338. The quantitative estimate of drug-likeness (QED) is 0.568. The SMILES string of the molecule is O[C@@H]1[C@@H](Oc2cc3ccccc3[nH]2)[C@@H](O)[C@@](Br)(COCl)O[C@H]1O. The minimum atomic E-state index is -1.58. The van der Waals surface area contributed by atoms with Gasteiger partial charge in [-0.3, -0.25) is 4.29 Å². The summed E-state index contributed by atoms with van der Waals surface area (Å²) < 4.78 is 13.8. The summed E-state index contributed by atoms with van der Waals surface area (Å²) in [6.45, 7) is -0.272. The van der Waals surface area contributed by atoms with E-state index in [1.165, 1.54) is 0 Å². The van der Waals surface area contributed by atoms with E-state index in [1.807, 2.05) is 24.3 Å². The molecule has 0 radical (unpaired) electrons. The van der Waals surface area contributed by atoms with Gasteiger partial charge in [0.15, 0.2) is 22.8 Å². The van der Waals surface area contributed by atoms with Crippen LogP contribution >= 0.6 is 27.8 Å². The van der Waals surface area contributed by atoms with Gasteiger partial charge in [0.25, 0.3) is 0 Å². The summed E-state index contributed by atoms with van der Waals surface area (Å²) >= 11 is 8.36. The van der Waals surface area contributed by atoms with Crippen LogP contribution in [-0.2, 0) is 9.03 Å². The number of halogens is 2. The maximum Gasteiger partial charge on any atom is 0.192 e. The third kappa shape index (κ3) is 3.20. The van der Waals surface area contributed by atoms with Crippen LogP contribution in [0, 0.1) is 0 Å². The lowest BCUT2D eigenvalue weighted by atomic mass is 9.99. The van der Waals surface area contributed by atoms with Gasteiger partial charge in [-0.05, 0) is 22.0 Å². The van der Waals surface area contributed by atoms with Gasteiger partial charge in [-0.25, -0.2) is 0 Å². The normalized spacial score (nSPS) is 34.7. The van der Waals surface area contributed by atoms with Gasteiger partial charge in [-0.1, -0.05) is 18.2 Å². The average molecular weight is 409 g/mol. The first-order valence-corrected chi connectivity index (χ1v) is 7.93. The van der Waals surface area contributed by atoms with E-state index in [4.69, 9.17) is 21.3 Å². The molecule has 0 spiro atoms. The highest BCUT2D eigenvalue weighted by Gasteiger charge is 2.54. The summed E-state index contributed by atoms with van der Waals surface area (Å²) in [6.07, 6.45) is -5.57. The highest BCUT2D eigenvalue weighted by Crippen LogP contribution is 2.37. The highest BCUT2D eigenvalue weighted by molar-refractivity contribution is 9.10. The summed E-state index contributed by atoms with van der Waals surface area (Å²) in [5, 5.41) is 31.3. The fourth-order valence-electron chi connectivity index (χ4n) is 2.52. The van der Waals surface area contributed by atoms with Gasteiger partial charge in [0, 0.05) is 17.0 Å². The Kier molecular flexibility index (Phi) is 4.84. The Hall–Kier alpha value is -0.870. The molecule has 1 aromatic carbocycles. The van der Waals surface area contributed by atoms with Gasteiger partial charge in [-0.15, -0.1) is 0 Å². The molecule has 1 aliphatic heterocycles. The van der Waals surface area contributed by atoms with Gasteiger partial charge >= 0.3 is 0 Å². The lowest BCUT2D eigenvalue weighted by Crippen LogP contribution is -2.65. The van der Waals surface area contributed by atoms with Crippen LogP contribution in [0.15, 0.2) is 30.3 Å². The standard InChI is InChI=1S/C14H15BrClNO6/c15-14(6-21-16)12(19)11(10(18)13(20)23-14)22-9-5-7-3-1-2-4-8(7)17-9/h1-5,10-13,17-20H,6H2/t10-,11-,12-,13-,14-/m1/s1. The predicted octanol–water partition coefficient (Wildman–Crippen LogP) is 1.25. The van der Waals surface area contributed by atoms with Crippen molar-refractivity contribution >= 4 is 38.7 Å². The summed E-state index contributed by atoms with van der Waals surface area (Å²) in [7, 11) is 0. The third-order valence-electron chi connectivity index (χ3n) is 3.72. The monoisotopic (exact) mass is 407 g/mol. The smallest absolute Gasteiger partial charge is 0.192 e. The number of para-hydroxylation sites is 1. The molecule has 3 rings (SSSR count). The van der Waals surface area contributed by atoms with Crippen molar-refractivity contribution in [3.63, 3.8) is 0 Å². The van der Waals surface area contributed by atoms with Crippen LogP contribution in [0.5, 0.6) is 5.88 Å². The zero-order valence-corrected chi connectivity index (χ0v) is 14.1. The van der Waals surface area contributed by atoms with Crippen LogP contribution in [0.25, 0.3) is 10.9 Å². The fraction of sp³-hybridized carbons (Fsp3) is 0.429. The van der Waals surface area contributed by atoms with Gasteiger partial charge in [0.05, 0.1) is 11.9 Å².